The number of nitrogens with one attached hydrogen (secondary N) is 2. The molecule has 0 aliphatic heterocycles. The molecule has 1 aliphatic carbocycles. The van der Waals surface area contributed by atoms with Crippen molar-refractivity contribution in [3.63, 3.8) is 0 Å². The van der Waals surface area contributed by atoms with Crippen LogP contribution >= 0.6 is 11.8 Å². The summed E-state index contributed by atoms with van der Waals surface area (Å²) < 4.78 is 0. The maximum atomic E-state index is 11.6. The van der Waals surface area contributed by atoms with E-state index in [-0.39, 0.29) is 18.2 Å². The molecule has 0 unspecified atom stereocenters. The van der Waals surface area contributed by atoms with Gasteiger partial charge < -0.3 is 20.5 Å². The van der Waals surface area contributed by atoms with E-state index in [0.717, 1.165) is 5.57 Å². The van der Waals surface area contributed by atoms with Crippen molar-refractivity contribution < 1.29 is 10.2 Å². The normalized spacial score (nSPS) is 16.6. The Hall–Kier alpha value is -1.15. The number of fused-ring (bicyclic) bond motifs is 1. The highest BCUT2D eigenvalue weighted by atomic mass is 32.2. The topological polar surface area (TPSA) is 98.2 Å². The third-order valence-corrected chi connectivity index (χ3v) is 4.03. The van der Waals surface area contributed by atoms with Crippen LogP contribution in [0.4, 0.5) is 0 Å². The molecule has 0 saturated carbocycles. The van der Waals surface area contributed by atoms with Crippen LogP contribution in [0.2, 0.25) is 0 Å². The molecule has 0 radical (unpaired) electrons. The zero-order chi connectivity index (χ0) is 14.5. The molecule has 4 N–H and O–H groups in total. The molecular formula is C13H19N3O3S. The molecular weight excluding hydrogens is 278 g/mol. The van der Waals surface area contributed by atoms with Gasteiger partial charge in [-0.05, 0) is 18.2 Å². The summed E-state index contributed by atoms with van der Waals surface area (Å²) in [6, 6.07) is -0.380. The van der Waals surface area contributed by atoms with E-state index < -0.39 is 6.10 Å². The standard InChI is InChI=1S/C13H19N3O3S/c1-20-6-11(18)10(5-17)14-4-8-2-3-9-12(8)15-7-16-13(9)19/h2,7,10-11,14,17-18H,3-6H2,1H3,(H,15,16,19)/t10-,11-/m1/s1. The van der Waals surface area contributed by atoms with Crippen LogP contribution in [-0.4, -0.2) is 57.5 Å². The molecule has 0 fully saturated rings. The molecule has 0 saturated heterocycles. The highest BCUT2D eigenvalue weighted by Gasteiger charge is 2.21. The maximum absolute atomic E-state index is 11.6. The van der Waals surface area contributed by atoms with Gasteiger partial charge in [-0.1, -0.05) is 6.08 Å². The first kappa shape index (κ1) is 15.2. The lowest BCUT2D eigenvalue weighted by Crippen LogP contribution is -2.44. The highest BCUT2D eigenvalue weighted by Crippen LogP contribution is 2.21. The average molecular weight is 297 g/mol. The number of thioether (sulfide) groups is 1. The summed E-state index contributed by atoms with van der Waals surface area (Å²) in [4.78, 5) is 18.4. The SMILES string of the molecule is CSC[C@@H](O)[C@@H](CO)NCC1=CCc2c1nc[nH]c2=O. The Kier molecular flexibility index (Phi) is 5.36. The lowest BCUT2D eigenvalue weighted by Gasteiger charge is -2.22. The number of hydrogen-bond donors (Lipinski definition) is 4. The summed E-state index contributed by atoms with van der Waals surface area (Å²) in [6.45, 7) is 0.338. The monoisotopic (exact) mass is 297 g/mol. The van der Waals surface area contributed by atoms with Crippen molar-refractivity contribution in [2.24, 2.45) is 0 Å². The predicted molar refractivity (Wildman–Crippen MR) is 79.8 cm³/mol. The molecule has 6 nitrogen and oxygen atoms in total. The number of allylic oxidation sites excluding steroid dienone is 1. The van der Waals surface area contributed by atoms with E-state index in [9.17, 15) is 15.0 Å². The van der Waals surface area contributed by atoms with E-state index >= 15 is 0 Å². The molecule has 1 heterocycles. The number of H-pyrrole nitrogens is 1. The van der Waals surface area contributed by atoms with E-state index in [4.69, 9.17) is 0 Å². The lowest BCUT2D eigenvalue weighted by molar-refractivity contribution is 0.109. The Morgan fingerprint density at radius 2 is 2.40 bits per heavy atom. The Morgan fingerprint density at radius 3 is 3.10 bits per heavy atom. The predicted octanol–water partition coefficient (Wildman–Crippen LogP) is -0.616. The van der Waals surface area contributed by atoms with Crippen LogP contribution in [0.5, 0.6) is 0 Å². The molecule has 0 amide bonds. The number of rotatable bonds is 7. The van der Waals surface area contributed by atoms with Crippen molar-refractivity contribution in [1.82, 2.24) is 15.3 Å². The van der Waals surface area contributed by atoms with Crippen LogP contribution in [-0.2, 0) is 6.42 Å². The van der Waals surface area contributed by atoms with E-state index in [1.54, 1.807) is 0 Å². The second-order valence-electron chi connectivity index (χ2n) is 4.68. The lowest BCUT2D eigenvalue weighted by atomic mass is 10.1. The minimum absolute atomic E-state index is 0.109. The second kappa shape index (κ2) is 7.03. The van der Waals surface area contributed by atoms with Gasteiger partial charge in [0.1, 0.15) is 0 Å². The first-order chi connectivity index (χ1) is 9.67. The second-order valence-corrected chi connectivity index (χ2v) is 5.60. The quantitative estimate of drug-likeness (QED) is 0.536. The minimum Gasteiger partial charge on any atom is -0.395 e. The molecule has 0 spiro atoms. The molecule has 1 aliphatic rings. The van der Waals surface area contributed by atoms with E-state index in [1.165, 1.54) is 18.1 Å². The summed E-state index contributed by atoms with van der Waals surface area (Å²) in [5.74, 6) is 0.561. The van der Waals surface area contributed by atoms with E-state index in [1.807, 2.05) is 12.3 Å². The fourth-order valence-electron chi connectivity index (χ4n) is 2.22. The first-order valence-corrected chi connectivity index (χ1v) is 7.84. The van der Waals surface area contributed by atoms with E-state index in [0.29, 0.717) is 30.0 Å². The number of aliphatic hydroxyl groups is 2. The van der Waals surface area contributed by atoms with Gasteiger partial charge in [0.15, 0.2) is 0 Å². The molecule has 20 heavy (non-hydrogen) atoms. The van der Waals surface area contributed by atoms with Gasteiger partial charge in [0.05, 0.1) is 30.8 Å². The van der Waals surface area contributed by atoms with Crippen molar-refractivity contribution in [2.75, 3.05) is 25.2 Å². The zero-order valence-corrected chi connectivity index (χ0v) is 12.1. The van der Waals surface area contributed by atoms with Crippen molar-refractivity contribution in [2.45, 2.75) is 18.6 Å². The van der Waals surface area contributed by atoms with Gasteiger partial charge in [-0.3, -0.25) is 4.79 Å². The van der Waals surface area contributed by atoms with Crippen molar-refractivity contribution >= 4 is 17.3 Å². The number of nitrogens with zero attached hydrogens (tertiary/aromatic N) is 1. The van der Waals surface area contributed by atoms with Crippen LogP contribution in [0.15, 0.2) is 17.2 Å². The van der Waals surface area contributed by atoms with Gasteiger partial charge in [0.2, 0.25) is 0 Å². The summed E-state index contributed by atoms with van der Waals surface area (Å²) in [6.07, 6.45) is 5.22. The third-order valence-electron chi connectivity index (χ3n) is 3.36. The van der Waals surface area contributed by atoms with Crippen LogP contribution in [0.3, 0.4) is 0 Å². The maximum Gasteiger partial charge on any atom is 0.254 e. The summed E-state index contributed by atoms with van der Waals surface area (Å²) in [5, 5.41) is 22.3. The van der Waals surface area contributed by atoms with Crippen molar-refractivity contribution in [1.29, 1.82) is 0 Å². The largest absolute Gasteiger partial charge is 0.395 e. The molecule has 0 aromatic carbocycles. The smallest absolute Gasteiger partial charge is 0.254 e. The van der Waals surface area contributed by atoms with Crippen LogP contribution in [0.1, 0.15) is 11.3 Å². The van der Waals surface area contributed by atoms with Gasteiger partial charge >= 0.3 is 0 Å². The van der Waals surface area contributed by atoms with E-state index in [2.05, 4.69) is 15.3 Å². The highest BCUT2D eigenvalue weighted by molar-refractivity contribution is 7.98. The van der Waals surface area contributed by atoms with Crippen LogP contribution in [0, 0.1) is 0 Å². The Bertz CT molecular complexity index is 544. The third kappa shape index (κ3) is 3.29. The number of hydrogen-bond acceptors (Lipinski definition) is 6. The minimum atomic E-state index is -0.608. The fraction of sp³-hybridized carbons (Fsp3) is 0.538. The number of aromatic amines is 1. The molecule has 1 aromatic rings. The Labute approximate surface area is 121 Å². The first-order valence-electron chi connectivity index (χ1n) is 6.44. The van der Waals surface area contributed by atoms with Crippen molar-refractivity contribution in [3.05, 3.63) is 34.0 Å². The van der Waals surface area contributed by atoms with Gasteiger partial charge in [0.25, 0.3) is 5.56 Å². The zero-order valence-electron chi connectivity index (χ0n) is 11.3. The molecule has 7 heteroatoms. The molecule has 0 bridgehead atoms. The van der Waals surface area contributed by atoms with Gasteiger partial charge in [0, 0.05) is 17.9 Å². The Morgan fingerprint density at radius 1 is 1.60 bits per heavy atom. The molecule has 110 valence electrons. The summed E-state index contributed by atoms with van der Waals surface area (Å²) >= 11 is 1.53. The van der Waals surface area contributed by atoms with Gasteiger partial charge in [-0.2, -0.15) is 11.8 Å². The molecule has 1 aromatic heterocycles. The number of aliphatic hydroxyl groups excluding tert-OH is 2. The van der Waals surface area contributed by atoms with Crippen LogP contribution in [0.25, 0.3) is 5.57 Å². The van der Waals surface area contributed by atoms with Gasteiger partial charge in [-0.25, -0.2) is 4.98 Å². The van der Waals surface area contributed by atoms with Crippen LogP contribution < -0.4 is 10.9 Å². The number of aromatic nitrogens is 2. The molecule has 2 atom stereocenters. The summed E-state index contributed by atoms with van der Waals surface area (Å²) in [7, 11) is 0. The molecule has 2 rings (SSSR count). The van der Waals surface area contributed by atoms with Gasteiger partial charge in [-0.15, -0.1) is 0 Å². The average Bonchev–Trinajstić information content (AvgIpc) is 2.85. The van der Waals surface area contributed by atoms with Crippen molar-refractivity contribution in [3.8, 4) is 0 Å². The summed E-state index contributed by atoms with van der Waals surface area (Å²) in [5.41, 5.74) is 2.20. The fourth-order valence-corrected chi connectivity index (χ4v) is 2.80. The Balaban J connectivity index is 1.99.